The van der Waals surface area contributed by atoms with E-state index < -0.39 is 5.97 Å². The molecule has 134 valence electrons. The van der Waals surface area contributed by atoms with Crippen LogP contribution in [0.3, 0.4) is 0 Å². The molecule has 0 saturated heterocycles. The summed E-state index contributed by atoms with van der Waals surface area (Å²) in [6.07, 6.45) is 0. The number of benzene rings is 2. The first kappa shape index (κ1) is 17.5. The lowest BCUT2D eigenvalue weighted by Gasteiger charge is -2.14. The summed E-state index contributed by atoms with van der Waals surface area (Å²) < 4.78 is 30.5. The number of ether oxygens (including phenoxy) is 3. The summed E-state index contributed by atoms with van der Waals surface area (Å²) in [6.45, 7) is 0. The van der Waals surface area contributed by atoms with E-state index in [0.717, 1.165) is 0 Å². The van der Waals surface area contributed by atoms with Gasteiger partial charge in [-0.3, -0.25) is 0 Å². The zero-order valence-electron chi connectivity index (χ0n) is 14.5. The van der Waals surface area contributed by atoms with Crippen molar-refractivity contribution < 1.29 is 23.4 Å². The molecule has 0 aliphatic carbocycles. The summed E-state index contributed by atoms with van der Waals surface area (Å²) in [4.78, 5) is 12.0. The van der Waals surface area contributed by atoms with E-state index in [0.29, 0.717) is 28.4 Å². The van der Waals surface area contributed by atoms with Gasteiger partial charge in [-0.05, 0) is 42.5 Å². The number of esters is 1. The van der Waals surface area contributed by atoms with Crippen LogP contribution in [0, 0.1) is 5.82 Å². The van der Waals surface area contributed by atoms with Crippen LogP contribution in [0.5, 0.6) is 11.5 Å². The molecule has 0 atom stereocenters. The minimum Gasteiger partial charge on any atom is -0.496 e. The number of hydrogen-bond acceptors (Lipinski definition) is 5. The molecule has 0 unspecified atom stereocenters. The van der Waals surface area contributed by atoms with Gasteiger partial charge in [-0.15, -0.1) is 0 Å². The number of nitrogens with zero attached hydrogens (tertiary/aromatic N) is 2. The molecule has 6 nitrogen and oxygen atoms in total. The predicted molar refractivity (Wildman–Crippen MR) is 93.4 cm³/mol. The van der Waals surface area contributed by atoms with Gasteiger partial charge in [0, 0.05) is 0 Å². The quantitative estimate of drug-likeness (QED) is 0.655. The van der Waals surface area contributed by atoms with E-state index >= 15 is 0 Å². The SMILES string of the molecule is COC(=O)c1cc(-c2c(OC)cccc2OC)n(-c2ccc(F)cc2)n1. The molecule has 1 heterocycles. The highest BCUT2D eigenvalue weighted by molar-refractivity contribution is 5.90. The fourth-order valence-corrected chi connectivity index (χ4v) is 2.65. The average Bonchev–Trinajstić information content (AvgIpc) is 3.12. The van der Waals surface area contributed by atoms with Gasteiger partial charge in [0.05, 0.1) is 38.3 Å². The van der Waals surface area contributed by atoms with E-state index in [-0.39, 0.29) is 11.5 Å². The molecule has 0 amide bonds. The van der Waals surface area contributed by atoms with Crippen LogP contribution in [-0.4, -0.2) is 37.1 Å². The van der Waals surface area contributed by atoms with Crippen LogP contribution in [0.25, 0.3) is 16.9 Å². The highest BCUT2D eigenvalue weighted by Gasteiger charge is 2.22. The van der Waals surface area contributed by atoms with Gasteiger partial charge in [-0.2, -0.15) is 5.10 Å². The first-order chi connectivity index (χ1) is 12.6. The normalized spacial score (nSPS) is 10.5. The van der Waals surface area contributed by atoms with Crippen LogP contribution < -0.4 is 9.47 Å². The fraction of sp³-hybridized carbons (Fsp3) is 0.158. The highest BCUT2D eigenvalue weighted by atomic mass is 19.1. The Bertz CT molecular complexity index is 913. The Hall–Kier alpha value is -3.35. The molecular formula is C19H17FN2O4. The smallest absolute Gasteiger partial charge is 0.358 e. The lowest BCUT2D eigenvalue weighted by Crippen LogP contribution is -2.05. The molecular weight excluding hydrogens is 339 g/mol. The molecule has 0 saturated carbocycles. The molecule has 1 aromatic heterocycles. The van der Waals surface area contributed by atoms with E-state index in [1.165, 1.54) is 38.1 Å². The van der Waals surface area contributed by atoms with Crippen molar-refractivity contribution >= 4 is 5.97 Å². The molecule has 26 heavy (non-hydrogen) atoms. The van der Waals surface area contributed by atoms with E-state index in [1.807, 2.05) is 0 Å². The third-order valence-corrected chi connectivity index (χ3v) is 3.86. The van der Waals surface area contributed by atoms with Crippen molar-refractivity contribution in [1.82, 2.24) is 9.78 Å². The summed E-state index contributed by atoms with van der Waals surface area (Å²) in [5, 5.41) is 4.32. The molecule has 0 bridgehead atoms. The molecule has 0 aliphatic heterocycles. The standard InChI is InChI=1S/C19H17FN2O4/c1-24-16-5-4-6-17(25-2)18(16)15-11-14(19(23)26-3)21-22(15)13-9-7-12(20)8-10-13/h4-11H,1-3H3. The minimum absolute atomic E-state index is 0.111. The summed E-state index contributed by atoms with van der Waals surface area (Å²) in [7, 11) is 4.36. The Morgan fingerprint density at radius 1 is 1.00 bits per heavy atom. The predicted octanol–water partition coefficient (Wildman–Crippen LogP) is 3.48. The summed E-state index contributed by atoms with van der Waals surface area (Å²) >= 11 is 0. The van der Waals surface area contributed by atoms with Crippen LogP contribution >= 0.6 is 0 Å². The zero-order valence-corrected chi connectivity index (χ0v) is 14.5. The van der Waals surface area contributed by atoms with Crippen molar-refractivity contribution in [3.63, 3.8) is 0 Å². The molecule has 7 heteroatoms. The fourth-order valence-electron chi connectivity index (χ4n) is 2.65. The van der Waals surface area contributed by atoms with Gasteiger partial charge in [-0.25, -0.2) is 13.9 Å². The molecule has 0 spiro atoms. The topological polar surface area (TPSA) is 62.6 Å². The maximum atomic E-state index is 13.3. The minimum atomic E-state index is -0.582. The number of carbonyl (C=O) groups is 1. The Morgan fingerprint density at radius 2 is 1.62 bits per heavy atom. The second kappa shape index (κ2) is 7.26. The second-order valence-electron chi connectivity index (χ2n) is 5.33. The lowest BCUT2D eigenvalue weighted by atomic mass is 10.1. The van der Waals surface area contributed by atoms with Crippen molar-refractivity contribution in [2.75, 3.05) is 21.3 Å². The number of aromatic nitrogens is 2. The number of hydrogen-bond donors (Lipinski definition) is 0. The lowest BCUT2D eigenvalue weighted by molar-refractivity contribution is 0.0593. The van der Waals surface area contributed by atoms with Gasteiger partial charge < -0.3 is 14.2 Å². The highest BCUT2D eigenvalue weighted by Crippen LogP contribution is 2.39. The zero-order chi connectivity index (χ0) is 18.7. The van der Waals surface area contributed by atoms with Crippen molar-refractivity contribution in [2.45, 2.75) is 0 Å². The molecule has 2 aromatic carbocycles. The Balaban J connectivity index is 2.28. The third kappa shape index (κ3) is 3.11. The van der Waals surface area contributed by atoms with Crippen molar-refractivity contribution in [3.8, 4) is 28.4 Å². The summed E-state index contributed by atoms with van der Waals surface area (Å²) in [5.74, 6) is 0.138. The molecule has 0 N–H and O–H groups in total. The van der Waals surface area contributed by atoms with Crippen molar-refractivity contribution in [2.24, 2.45) is 0 Å². The van der Waals surface area contributed by atoms with Crippen LogP contribution in [0.15, 0.2) is 48.5 Å². The first-order valence-corrected chi connectivity index (χ1v) is 7.74. The van der Waals surface area contributed by atoms with E-state index in [1.54, 1.807) is 36.4 Å². The molecule has 0 radical (unpaired) electrons. The average molecular weight is 356 g/mol. The van der Waals surface area contributed by atoms with Gasteiger partial charge in [0.25, 0.3) is 0 Å². The van der Waals surface area contributed by atoms with Crippen molar-refractivity contribution in [3.05, 3.63) is 60.0 Å². The number of carbonyl (C=O) groups excluding carboxylic acids is 1. The largest absolute Gasteiger partial charge is 0.496 e. The Kier molecular flexibility index (Phi) is 4.88. The van der Waals surface area contributed by atoms with Crippen LogP contribution in [-0.2, 0) is 4.74 Å². The second-order valence-corrected chi connectivity index (χ2v) is 5.33. The van der Waals surface area contributed by atoms with Gasteiger partial charge in [0.1, 0.15) is 17.3 Å². The van der Waals surface area contributed by atoms with E-state index in [2.05, 4.69) is 5.10 Å². The molecule has 0 fully saturated rings. The monoisotopic (exact) mass is 356 g/mol. The Morgan fingerprint density at radius 3 is 2.15 bits per heavy atom. The van der Waals surface area contributed by atoms with Gasteiger partial charge in [-0.1, -0.05) is 6.07 Å². The Labute approximate surface area is 149 Å². The van der Waals surface area contributed by atoms with Crippen LogP contribution in [0.1, 0.15) is 10.5 Å². The van der Waals surface area contributed by atoms with Gasteiger partial charge in [0.15, 0.2) is 5.69 Å². The third-order valence-electron chi connectivity index (χ3n) is 3.86. The molecule has 0 aliphatic rings. The number of halogens is 1. The van der Waals surface area contributed by atoms with Crippen molar-refractivity contribution in [1.29, 1.82) is 0 Å². The van der Waals surface area contributed by atoms with Crippen LogP contribution in [0.4, 0.5) is 4.39 Å². The summed E-state index contributed by atoms with van der Waals surface area (Å²) in [5.41, 5.74) is 1.85. The first-order valence-electron chi connectivity index (χ1n) is 7.74. The maximum absolute atomic E-state index is 13.3. The van der Waals surface area contributed by atoms with Crippen LogP contribution in [0.2, 0.25) is 0 Å². The summed E-state index contributed by atoms with van der Waals surface area (Å²) in [6, 6.07) is 12.7. The number of rotatable bonds is 5. The maximum Gasteiger partial charge on any atom is 0.358 e. The van der Waals surface area contributed by atoms with Gasteiger partial charge >= 0.3 is 5.97 Å². The molecule has 3 aromatic rings. The number of methoxy groups -OCH3 is 3. The molecule has 3 rings (SSSR count). The van der Waals surface area contributed by atoms with E-state index in [4.69, 9.17) is 14.2 Å². The van der Waals surface area contributed by atoms with Gasteiger partial charge in [0.2, 0.25) is 0 Å². The van der Waals surface area contributed by atoms with E-state index in [9.17, 15) is 9.18 Å².